The molecule has 0 fully saturated rings. The van der Waals surface area contributed by atoms with Crippen molar-refractivity contribution in [3.63, 3.8) is 0 Å². The van der Waals surface area contributed by atoms with E-state index in [1.807, 2.05) is 42.5 Å². The molecule has 2 heterocycles. The van der Waals surface area contributed by atoms with Crippen molar-refractivity contribution in [3.05, 3.63) is 169 Å². The predicted molar refractivity (Wildman–Crippen MR) is 195 cm³/mol. The summed E-state index contributed by atoms with van der Waals surface area (Å²) < 4.78 is 4.56. The molecule has 0 unspecified atom stereocenters. The smallest absolute Gasteiger partial charge is 0.0998 e. The van der Waals surface area contributed by atoms with Crippen molar-refractivity contribution in [2.75, 3.05) is 0 Å². The fraction of sp³-hybridized carbons (Fsp3) is 0. The second-order valence-electron chi connectivity index (χ2n) is 12.0. The number of hydrogen-bond acceptors (Lipinski definition) is 2. The SMILES string of the molecule is N#Cc1ccc(-n2c3ccccc3c3ccccc32)c(-c2cc(-c3ccc(-n4c5ccccc5c5ccccc54)cc3)ccc2C#N)c1. The average molecular weight is 611 g/mol. The van der Waals surface area contributed by atoms with E-state index < -0.39 is 0 Å². The van der Waals surface area contributed by atoms with E-state index in [-0.39, 0.29) is 0 Å². The van der Waals surface area contributed by atoms with Gasteiger partial charge in [0.2, 0.25) is 0 Å². The lowest BCUT2D eigenvalue weighted by molar-refractivity contribution is 1.18. The van der Waals surface area contributed by atoms with E-state index in [0.717, 1.165) is 55.4 Å². The average Bonchev–Trinajstić information content (AvgIpc) is 3.67. The molecule has 0 aliphatic carbocycles. The molecule has 0 saturated carbocycles. The molecular weight excluding hydrogens is 585 g/mol. The summed E-state index contributed by atoms with van der Waals surface area (Å²) in [7, 11) is 0. The number of nitriles is 2. The van der Waals surface area contributed by atoms with E-state index in [1.54, 1.807) is 0 Å². The number of fused-ring (bicyclic) bond motifs is 6. The maximum Gasteiger partial charge on any atom is 0.0998 e. The molecule has 4 heteroatoms. The summed E-state index contributed by atoms with van der Waals surface area (Å²) in [6.07, 6.45) is 0. The van der Waals surface area contributed by atoms with Gasteiger partial charge in [0.25, 0.3) is 0 Å². The van der Waals surface area contributed by atoms with E-state index in [1.165, 1.54) is 21.8 Å². The van der Waals surface area contributed by atoms with Crippen LogP contribution >= 0.6 is 0 Å². The lowest BCUT2D eigenvalue weighted by Crippen LogP contribution is -1.99. The number of rotatable bonds is 4. The molecule has 4 nitrogen and oxygen atoms in total. The Balaban J connectivity index is 1.21. The first-order chi connectivity index (χ1) is 23.7. The van der Waals surface area contributed by atoms with Gasteiger partial charge in [-0.2, -0.15) is 10.5 Å². The number of nitrogens with zero attached hydrogens (tertiary/aromatic N) is 4. The summed E-state index contributed by atoms with van der Waals surface area (Å²) in [5, 5.41) is 25.0. The molecule has 0 saturated heterocycles. The third-order valence-corrected chi connectivity index (χ3v) is 9.42. The predicted octanol–water partition coefficient (Wildman–Crippen LogP) is 11.0. The molecule has 0 N–H and O–H groups in total. The Morgan fingerprint density at radius 3 is 1.42 bits per heavy atom. The highest BCUT2D eigenvalue weighted by atomic mass is 15.0. The van der Waals surface area contributed by atoms with Crippen molar-refractivity contribution in [1.29, 1.82) is 10.5 Å². The molecule has 0 spiro atoms. The lowest BCUT2D eigenvalue weighted by atomic mass is 9.93. The van der Waals surface area contributed by atoms with Crippen LogP contribution in [-0.2, 0) is 0 Å². The van der Waals surface area contributed by atoms with Gasteiger partial charge in [0.05, 0.1) is 51.0 Å². The highest BCUT2D eigenvalue weighted by molar-refractivity contribution is 6.10. The molecule has 9 rings (SSSR count). The van der Waals surface area contributed by atoms with Crippen LogP contribution in [0.2, 0.25) is 0 Å². The molecule has 0 aliphatic heterocycles. The van der Waals surface area contributed by atoms with Crippen LogP contribution in [0.25, 0.3) is 77.2 Å². The quantitative estimate of drug-likeness (QED) is 0.199. The number of aromatic nitrogens is 2. The zero-order valence-electron chi connectivity index (χ0n) is 25.8. The minimum atomic E-state index is 0.541. The first-order valence-corrected chi connectivity index (χ1v) is 15.9. The van der Waals surface area contributed by atoms with Gasteiger partial charge >= 0.3 is 0 Å². The second-order valence-corrected chi connectivity index (χ2v) is 12.0. The van der Waals surface area contributed by atoms with Gasteiger partial charge in [0.15, 0.2) is 0 Å². The van der Waals surface area contributed by atoms with Crippen LogP contribution in [0.4, 0.5) is 0 Å². The van der Waals surface area contributed by atoms with Gasteiger partial charge < -0.3 is 9.13 Å². The standard InChI is InChI=1S/C44H26N4/c45-27-29-17-24-44(48-42-15-7-3-11-36(42)37-12-4-8-16-43(37)48)39(25-29)38-26-31(18-19-32(38)28-46)30-20-22-33(23-21-30)47-40-13-5-1-9-34(40)35-10-2-6-14-41(35)47/h1-26H. The van der Waals surface area contributed by atoms with Crippen LogP contribution in [0.5, 0.6) is 0 Å². The van der Waals surface area contributed by atoms with Crippen LogP contribution in [0.15, 0.2) is 158 Å². The van der Waals surface area contributed by atoms with Crippen molar-refractivity contribution in [3.8, 4) is 45.8 Å². The van der Waals surface area contributed by atoms with Crippen LogP contribution < -0.4 is 0 Å². The Hall–Kier alpha value is -6.88. The third kappa shape index (κ3) is 4.14. The summed E-state index contributed by atoms with van der Waals surface area (Å²) in [4.78, 5) is 0. The van der Waals surface area contributed by atoms with Gasteiger partial charge in [0, 0.05) is 38.4 Å². The fourth-order valence-electron chi connectivity index (χ4n) is 7.25. The van der Waals surface area contributed by atoms with E-state index in [4.69, 9.17) is 0 Å². The minimum absolute atomic E-state index is 0.541. The third-order valence-electron chi connectivity index (χ3n) is 9.42. The maximum absolute atomic E-state index is 10.3. The van der Waals surface area contributed by atoms with Crippen molar-refractivity contribution < 1.29 is 0 Å². The zero-order chi connectivity index (χ0) is 32.2. The van der Waals surface area contributed by atoms with Gasteiger partial charge in [-0.25, -0.2) is 0 Å². The van der Waals surface area contributed by atoms with Gasteiger partial charge in [-0.3, -0.25) is 0 Å². The largest absolute Gasteiger partial charge is 0.309 e. The molecule has 0 aliphatic rings. The van der Waals surface area contributed by atoms with Crippen molar-refractivity contribution in [2.45, 2.75) is 0 Å². The maximum atomic E-state index is 10.3. The van der Waals surface area contributed by atoms with Crippen molar-refractivity contribution in [2.24, 2.45) is 0 Å². The Morgan fingerprint density at radius 2 is 0.896 bits per heavy atom. The second kappa shape index (κ2) is 10.9. The van der Waals surface area contributed by atoms with Crippen LogP contribution in [0.1, 0.15) is 11.1 Å². The highest BCUT2D eigenvalue weighted by Gasteiger charge is 2.19. The van der Waals surface area contributed by atoms with E-state index >= 15 is 0 Å². The summed E-state index contributed by atoms with van der Waals surface area (Å²) in [5.41, 5.74) is 11.2. The zero-order valence-corrected chi connectivity index (χ0v) is 25.8. The minimum Gasteiger partial charge on any atom is -0.309 e. The highest BCUT2D eigenvalue weighted by Crippen LogP contribution is 2.39. The molecule has 0 atom stereocenters. The van der Waals surface area contributed by atoms with E-state index in [2.05, 4.69) is 137 Å². The first kappa shape index (κ1) is 27.4. The van der Waals surface area contributed by atoms with Crippen LogP contribution in [0, 0.1) is 22.7 Å². The molecule has 7 aromatic carbocycles. The molecule has 0 radical (unpaired) electrons. The van der Waals surface area contributed by atoms with Gasteiger partial charge in [0.1, 0.15) is 0 Å². The lowest BCUT2D eigenvalue weighted by Gasteiger charge is -2.16. The van der Waals surface area contributed by atoms with Crippen LogP contribution in [0.3, 0.4) is 0 Å². The van der Waals surface area contributed by atoms with Gasteiger partial charge in [-0.05, 0) is 77.9 Å². The van der Waals surface area contributed by atoms with Crippen molar-refractivity contribution in [1.82, 2.24) is 9.13 Å². The van der Waals surface area contributed by atoms with Crippen LogP contribution in [-0.4, -0.2) is 9.13 Å². The Bertz CT molecular complexity index is 2690. The Morgan fingerprint density at radius 1 is 0.396 bits per heavy atom. The van der Waals surface area contributed by atoms with E-state index in [9.17, 15) is 10.5 Å². The molecule has 2 aromatic heterocycles. The summed E-state index contributed by atoms with van der Waals surface area (Å²) in [6, 6.07) is 58.8. The molecule has 222 valence electrons. The fourth-order valence-corrected chi connectivity index (χ4v) is 7.25. The van der Waals surface area contributed by atoms with E-state index in [0.29, 0.717) is 11.1 Å². The molecule has 48 heavy (non-hydrogen) atoms. The number of hydrogen-bond donors (Lipinski definition) is 0. The molecule has 0 amide bonds. The molecule has 9 aromatic rings. The Labute approximate surface area is 277 Å². The monoisotopic (exact) mass is 610 g/mol. The number of para-hydroxylation sites is 4. The summed E-state index contributed by atoms with van der Waals surface area (Å²) in [5.74, 6) is 0. The number of benzene rings is 7. The van der Waals surface area contributed by atoms with Gasteiger partial charge in [-0.1, -0.05) is 91.0 Å². The van der Waals surface area contributed by atoms with Gasteiger partial charge in [-0.15, -0.1) is 0 Å². The normalized spacial score (nSPS) is 11.3. The molecule has 0 bridgehead atoms. The summed E-state index contributed by atoms with van der Waals surface area (Å²) in [6.45, 7) is 0. The first-order valence-electron chi connectivity index (χ1n) is 15.9. The van der Waals surface area contributed by atoms with Crippen molar-refractivity contribution >= 4 is 43.6 Å². The topological polar surface area (TPSA) is 57.4 Å². The Kier molecular flexibility index (Phi) is 6.22. The summed E-state index contributed by atoms with van der Waals surface area (Å²) >= 11 is 0. The molecular formula is C44H26N4.